The molecule has 11 heteroatoms. The van der Waals surface area contributed by atoms with Crippen LogP contribution in [0.5, 0.6) is 0 Å². The summed E-state index contributed by atoms with van der Waals surface area (Å²) >= 11 is 6.37. The lowest BCUT2D eigenvalue weighted by molar-refractivity contribution is 0.0716. The number of halogens is 1. The SMILES string of the molecule is C#C.CC.CO[C@H]1CCN(c2nc3cc(-c4noc(=O)[nH]4)nc(-c4cncc(Cl)c4)c3n2CC2CCCCC2)[C@H](C)C1. The Hall–Kier alpha value is -3.68. The van der Waals surface area contributed by atoms with Gasteiger partial charge >= 0.3 is 5.76 Å². The van der Waals surface area contributed by atoms with Crippen molar-refractivity contribution in [1.29, 1.82) is 0 Å². The predicted octanol–water partition coefficient (Wildman–Crippen LogP) is 6.35. The molecule has 224 valence electrons. The minimum atomic E-state index is -0.633. The molecular weight excluding hydrogens is 554 g/mol. The van der Waals surface area contributed by atoms with Gasteiger partial charge in [-0.15, -0.1) is 12.8 Å². The van der Waals surface area contributed by atoms with Gasteiger partial charge in [-0.2, -0.15) is 0 Å². The van der Waals surface area contributed by atoms with Crippen molar-refractivity contribution in [3.05, 3.63) is 40.1 Å². The fourth-order valence-electron chi connectivity index (χ4n) is 6.01. The lowest BCUT2D eigenvalue weighted by Gasteiger charge is -2.38. The highest BCUT2D eigenvalue weighted by atomic mass is 35.5. The normalized spacial score (nSPS) is 19.1. The number of piperidine rings is 1. The maximum atomic E-state index is 11.7. The van der Waals surface area contributed by atoms with Crippen LogP contribution >= 0.6 is 11.6 Å². The van der Waals surface area contributed by atoms with Gasteiger partial charge in [0, 0.05) is 44.2 Å². The van der Waals surface area contributed by atoms with E-state index in [4.69, 9.17) is 30.8 Å². The van der Waals surface area contributed by atoms with Gasteiger partial charge in [-0.25, -0.2) is 14.8 Å². The monoisotopic (exact) mass is 593 g/mol. The Kier molecular flexibility index (Phi) is 10.8. The second kappa shape index (κ2) is 14.5. The van der Waals surface area contributed by atoms with Gasteiger partial charge in [0.2, 0.25) is 11.8 Å². The van der Waals surface area contributed by atoms with Crippen molar-refractivity contribution in [2.45, 2.75) is 84.4 Å². The lowest BCUT2D eigenvalue weighted by Crippen LogP contribution is -2.44. The van der Waals surface area contributed by atoms with E-state index >= 15 is 0 Å². The number of pyridine rings is 2. The zero-order valence-electron chi connectivity index (χ0n) is 24.8. The summed E-state index contributed by atoms with van der Waals surface area (Å²) in [6.45, 7) is 7.96. The summed E-state index contributed by atoms with van der Waals surface area (Å²) in [6.07, 6.45) is 19.7. The largest absolute Gasteiger partial charge is 0.439 e. The van der Waals surface area contributed by atoms with Gasteiger partial charge in [0.25, 0.3) is 0 Å². The molecule has 1 saturated carbocycles. The zero-order chi connectivity index (χ0) is 30.2. The Labute approximate surface area is 251 Å². The minimum Gasteiger partial charge on any atom is -0.381 e. The number of rotatable bonds is 6. The number of methoxy groups -OCH3 is 1. The average Bonchev–Trinajstić information content (AvgIpc) is 3.62. The summed E-state index contributed by atoms with van der Waals surface area (Å²) in [6, 6.07) is 4.00. The number of hydrogen-bond acceptors (Lipinski definition) is 8. The number of hydrogen-bond donors (Lipinski definition) is 1. The molecule has 0 spiro atoms. The smallest absolute Gasteiger partial charge is 0.381 e. The Balaban J connectivity index is 0.000000972. The van der Waals surface area contributed by atoms with Crippen LogP contribution in [0.25, 0.3) is 33.8 Å². The fourth-order valence-corrected chi connectivity index (χ4v) is 6.18. The van der Waals surface area contributed by atoms with Crippen molar-refractivity contribution in [1.82, 2.24) is 29.7 Å². The van der Waals surface area contributed by atoms with Crippen molar-refractivity contribution >= 4 is 28.6 Å². The van der Waals surface area contributed by atoms with Crippen LogP contribution in [0.15, 0.2) is 33.8 Å². The van der Waals surface area contributed by atoms with E-state index in [2.05, 4.69) is 44.4 Å². The van der Waals surface area contributed by atoms with Crippen LogP contribution in [0.2, 0.25) is 5.02 Å². The lowest BCUT2D eigenvalue weighted by atomic mass is 9.89. The maximum absolute atomic E-state index is 11.7. The molecule has 0 aromatic carbocycles. The van der Waals surface area contributed by atoms with E-state index < -0.39 is 5.76 Å². The van der Waals surface area contributed by atoms with Crippen molar-refractivity contribution in [2.75, 3.05) is 18.6 Å². The Bertz CT molecular complexity index is 1540. The van der Waals surface area contributed by atoms with Crippen LogP contribution in [0.4, 0.5) is 5.95 Å². The Morgan fingerprint density at radius 2 is 1.88 bits per heavy atom. The number of imidazole rings is 1. The molecule has 1 aliphatic heterocycles. The summed E-state index contributed by atoms with van der Waals surface area (Å²) in [4.78, 5) is 31.2. The maximum Gasteiger partial charge on any atom is 0.439 e. The first-order valence-corrected chi connectivity index (χ1v) is 15.1. The molecule has 6 rings (SSSR count). The number of nitrogens with one attached hydrogen (secondary N) is 1. The van der Waals surface area contributed by atoms with Crippen molar-refractivity contribution in [2.24, 2.45) is 5.92 Å². The number of H-pyrrole nitrogens is 1. The molecule has 42 heavy (non-hydrogen) atoms. The first kappa shape index (κ1) is 31.3. The fraction of sp³-hybridized carbons (Fsp3) is 0.516. The molecule has 10 nitrogen and oxygen atoms in total. The molecular formula is C31H40ClN7O3. The molecule has 0 unspecified atom stereocenters. The summed E-state index contributed by atoms with van der Waals surface area (Å²) < 4.78 is 12.8. The highest BCUT2D eigenvalue weighted by molar-refractivity contribution is 6.30. The number of aromatic nitrogens is 6. The van der Waals surface area contributed by atoms with Crippen molar-refractivity contribution in [3.8, 4) is 35.6 Å². The van der Waals surface area contributed by atoms with E-state index in [1.165, 1.54) is 32.1 Å². The summed E-state index contributed by atoms with van der Waals surface area (Å²) in [7, 11) is 1.79. The average molecular weight is 594 g/mol. The van der Waals surface area contributed by atoms with E-state index in [-0.39, 0.29) is 18.0 Å². The number of aromatic amines is 1. The number of terminal acetylenes is 1. The third kappa shape index (κ3) is 6.69. The van der Waals surface area contributed by atoms with Gasteiger partial charge in [-0.3, -0.25) is 14.5 Å². The molecule has 0 bridgehead atoms. The first-order valence-electron chi connectivity index (χ1n) is 14.7. The van der Waals surface area contributed by atoms with E-state index in [1.54, 1.807) is 19.5 Å². The molecule has 1 saturated heterocycles. The number of fused-ring (bicyclic) bond motifs is 1. The molecule has 2 atom stereocenters. The molecule has 4 aromatic rings. The topological polar surface area (TPSA) is 115 Å². The van der Waals surface area contributed by atoms with Gasteiger partial charge in [-0.1, -0.05) is 49.9 Å². The molecule has 5 heterocycles. The van der Waals surface area contributed by atoms with Gasteiger partial charge in [0.15, 0.2) is 0 Å². The molecule has 1 aliphatic carbocycles. The van der Waals surface area contributed by atoms with Crippen LogP contribution in [0.1, 0.15) is 65.7 Å². The van der Waals surface area contributed by atoms with Crippen LogP contribution in [-0.2, 0) is 11.3 Å². The Morgan fingerprint density at radius 3 is 2.52 bits per heavy atom. The third-order valence-electron chi connectivity index (χ3n) is 7.95. The standard InChI is InChI=1S/C27H32ClN7O3.C2H6.C2H2/c1-16-10-20(37-2)8-9-34(16)26-31-21-12-22(25-32-27(36)38-33-25)30-23(18-11-19(28)14-29-13-18)24(21)35(26)15-17-6-4-3-5-7-17;2*1-2/h11-14,16-17,20H,3-10,15H2,1-2H3,(H,32,33,36);1-2H3;1-2H/t16-,20+;;/m1../s1. The molecule has 4 aromatic heterocycles. The van der Waals surface area contributed by atoms with Crippen LogP contribution in [0, 0.1) is 18.8 Å². The third-order valence-corrected chi connectivity index (χ3v) is 8.16. The second-order valence-corrected chi connectivity index (χ2v) is 10.9. The molecule has 2 aliphatic rings. The first-order chi connectivity index (χ1) is 20.5. The predicted molar refractivity (Wildman–Crippen MR) is 167 cm³/mol. The molecule has 1 N–H and O–H groups in total. The number of nitrogens with zero attached hydrogens (tertiary/aromatic N) is 6. The van der Waals surface area contributed by atoms with E-state index in [0.717, 1.165) is 48.5 Å². The van der Waals surface area contributed by atoms with Crippen molar-refractivity contribution in [3.63, 3.8) is 0 Å². The molecule has 0 amide bonds. The van der Waals surface area contributed by atoms with E-state index in [1.807, 2.05) is 26.0 Å². The highest BCUT2D eigenvalue weighted by Gasteiger charge is 2.31. The minimum absolute atomic E-state index is 0.253. The van der Waals surface area contributed by atoms with E-state index in [9.17, 15) is 4.79 Å². The van der Waals surface area contributed by atoms with Crippen molar-refractivity contribution < 1.29 is 9.26 Å². The molecule has 0 radical (unpaired) electrons. The van der Waals surface area contributed by atoms with Crippen LogP contribution < -0.4 is 10.7 Å². The van der Waals surface area contributed by atoms with Crippen LogP contribution in [0.3, 0.4) is 0 Å². The van der Waals surface area contributed by atoms with Gasteiger partial charge < -0.3 is 14.2 Å². The zero-order valence-corrected chi connectivity index (χ0v) is 25.6. The van der Waals surface area contributed by atoms with Crippen LogP contribution in [-0.4, -0.2) is 55.5 Å². The summed E-state index contributed by atoms with van der Waals surface area (Å²) in [5.74, 6) is 1.14. The van der Waals surface area contributed by atoms with E-state index in [0.29, 0.717) is 22.3 Å². The number of ether oxygens (including phenoxy) is 1. The highest BCUT2D eigenvalue weighted by Crippen LogP contribution is 2.37. The molecule has 2 fully saturated rings. The quantitative estimate of drug-likeness (QED) is 0.257. The Morgan fingerprint density at radius 1 is 1.12 bits per heavy atom. The van der Waals surface area contributed by atoms with Gasteiger partial charge in [0.1, 0.15) is 5.69 Å². The van der Waals surface area contributed by atoms with Gasteiger partial charge in [-0.05, 0) is 50.7 Å². The van der Waals surface area contributed by atoms with Gasteiger partial charge in [0.05, 0.1) is 27.9 Å². The number of anilines is 1. The summed E-state index contributed by atoms with van der Waals surface area (Å²) in [5.41, 5.74) is 3.66. The summed E-state index contributed by atoms with van der Waals surface area (Å²) in [5, 5.41) is 4.40. The second-order valence-electron chi connectivity index (χ2n) is 10.5.